The van der Waals surface area contributed by atoms with Crippen LogP contribution in [0.25, 0.3) is 0 Å². The average molecular weight is 370 g/mol. The number of hydrogen-bond acceptors (Lipinski definition) is 5. The van der Waals surface area contributed by atoms with Gasteiger partial charge in [-0.1, -0.05) is 18.2 Å². The van der Waals surface area contributed by atoms with Gasteiger partial charge in [0, 0.05) is 32.0 Å². The minimum Gasteiger partial charge on any atom is -0.481 e. The van der Waals surface area contributed by atoms with E-state index in [0.717, 1.165) is 0 Å². The predicted molar refractivity (Wildman–Crippen MR) is 97.8 cm³/mol. The molecule has 1 aromatic heterocycles. The maximum Gasteiger partial charge on any atom is 0.308 e. The number of nitrogens with zero attached hydrogens (tertiary/aromatic N) is 1. The first-order valence-corrected chi connectivity index (χ1v) is 8.91. The average Bonchev–Trinajstić information content (AvgIpc) is 2.70. The molecule has 2 aromatic rings. The first-order chi connectivity index (χ1) is 13.1. The van der Waals surface area contributed by atoms with Gasteiger partial charge in [0.25, 0.3) is 5.91 Å². The van der Waals surface area contributed by atoms with Gasteiger partial charge in [0.2, 0.25) is 5.88 Å². The highest BCUT2D eigenvalue weighted by molar-refractivity contribution is 5.94. The van der Waals surface area contributed by atoms with Crippen LogP contribution in [-0.2, 0) is 9.53 Å². The van der Waals surface area contributed by atoms with Crippen molar-refractivity contribution in [2.24, 2.45) is 11.8 Å². The number of para-hydroxylation sites is 1. The number of carboxylic acid groups (broad SMARTS) is 1. The number of rotatable bonds is 7. The molecule has 7 nitrogen and oxygen atoms in total. The lowest BCUT2D eigenvalue weighted by molar-refractivity contribution is -0.144. The fourth-order valence-corrected chi connectivity index (χ4v) is 3.06. The number of hydrogen-bond donors (Lipinski definition) is 2. The number of aliphatic carboxylic acids is 1. The van der Waals surface area contributed by atoms with Crippen LogP contribution in [0.5, 0.6) is 11.6 Å². The molecular formula is C20H22N2O5. The molecule has 0 aliphatic carbocycles. The first kappa shape index (κ1) is 18.8. The second-order valence-electron chi connectivity index (χ2n) is 6.40. The number of carbonyl (C=O) groups is 2. The Kier molecular flexibility index (Phi) is 6.38. The molecule has 1 aliphatic heterocycles. The standard InChI is InChI=1S/C20H22N2O5/c23-19(22-13-17(20(24)25)14-8-10-26-11-9-14)15-6-7-18(21-12-15)27-16-4-2-1-3-5-16/h1-7,12,14,17H,8-11,13H2,(H,22,23)(H,24,25). The Hall–Kier alpha value is -2.93. The third-order valence-corrected chi connectivity index (χ3v) is 4.60. The number of pyridine rings is 1. The predicted octanol–water partition coefficient (Wildman–Crippen LogP) is 2.73. The molecular weight excluding hydrogens is 348 g/mol. The van der Waals surface area contributed by atoms with Crippen molar-refractivity contribution in [2.75, 3.05) is 19.8 Å². The van der Waals surface area contributed by atoms with Crippen molar-refractivity contribution in [3.8, 4) is 11.6 Å². The van der Waals surface area contributed by atoms with Crippen LogP contribution in [0.2, 0.25) is 0 Å². The number of aromatic nitrogens is 1. The molecule has 1 fully saturated rings. The fraction of sp³-hybridized carbons (Fsp3) is 0.350. The van der Waals surface area contributed by atoms with Gasteiger partial charge in [-0.25, -0.2) is 4.98 Å². The summed E-state index contributed by atoms with van der Waals surface area (Å²) in [4.78, 5) is 28.0. The van der Waals surface area contributed by atoms with E-state index in [-0.39, 0.29) is 18.4 Å². The monoisotopic (exact) mass is 370 g/mol. The summed E-state index contributed by atoms with van der Waals surface area (Å²) in [6.45, 7) is 1.21. The van der Waals surface area contributed by atoms with Crippen molar-refractivity contribution in [3.05, 3.63) is 54.2 Å². The Morgan fingerprint density at radius 1 is 1.19 bits per heavy atom. The van der Waals surface area contributed by atoms with Crippen molar-refractivity contribution in [1.29, 1.82) is 0 Å². The molecule has 3 rings (SSSR count). The topological polar surface area (TPSA) is 97.8 Å². The summed E-state index contributed by atoms with van der Waals surface area (Å²) in [5.41, 5.74) is 0.353. The summed E-state index contributed by atoms with van der Waals surface area (Å²) in [7, 11) is 0. The van der Waals surface area contributed by atoms with E-state index in [1.165, 1.54) is 6.20 Å². The number of carbonyl (C=O) groups excluding carboxylic acids is 1. The van der Waals surface area contributed by atoms with E-state index < -0.39 is 11.9 Å². The quantitative estimate of drug-likeness (QED) is 0.778. The fourth-order valence-electron chi connectivity index (χ4n) is 3.06. The SMILES string of the molecule is O=C(NCC(C(=O)O)C1CCOCC1)c1ccc(Oc2ccccc2)nc1. The molecule has 2 heterocycles. The van der Waals surface area contributed by atoms with Gasteiger partial charge in [0.15, 0.2) is 0 Å². The van der Waals surface area contributed by atoms with Gasteiger partial charge in [0.05, 0.1) is 11.5 Å². The van der Waals surface area contributed by atoms with E-state index >= 15 is 0 Å². The third-order valence-electron chi connectivity index (χ3n) is 4.60. The molecule has 27 heavy (non-hydrogen) atoms. The molecule has 7 heteroatoms. The second-order valence-corrected chi connectivity index (χ2v) is 6.40. The van der Waals surface area contributed by atoms with Crippen LogP contribution in [0.1, 0.15) is 23.2 Å². The summed E-state index contributed by atoms with van der Waals surface area (Å²) in [5.74, 6) is -0.826. The van der Waals surface area contributed by atoms with E-state index in [4.69, 9.17) is 9.47 Å². The zero-order valence-electron chi connectivity index (χ0n) is 14.8. The largest absolute Gasteiger partial charge is 0.481 e. The zero-order chi connectivity index (χ0) is 19.1. The van der Waals surface area contributed by atoms with Crippen LogP contribution in [0, 0.1) is 11.8 Å². The van der Waals surface area contributed by atoms with Gasteiger partial charge in [-0.15, -0.1) is 0 Å². The lowest BCUT2D eigenvalue weighted by atomic mass is 9.86. The van der Waals surface area contributed by atoms with E-state index in [2.05, 4.69) is 10.3 Å². The van der Waals surface area contributed by atoms with Crippen LogP contribution < -0.4 is 10.1 Å². The minimum atomic E-state index is -0.896. The molecule has 0 saturated carbocycles. The van der Waals surface area contributed by atoms with Gasteiger partial charge < -0.3 is 19.9 Å². The number of benzene rings is 1. The summed E-state index contributed by atoms with van der Waals surface area (Å²) in [6, 6.07) is 12.4. The van der Waals surface area contributed by atoms with Crippen LogP contribution in [0.3, 0.4) is 0 Å². The van der Waals surface area contributed by atoms with Gasteiger partial charge in [0.1, 0.15) is 5.75 Å². The molecule has 0 spiro atoms. The van der Waals surface area contributed by atoms with Gasteiger partial charge >= 0.3 is 5.97 Å². The van der Waals surface area contributed by atoms with Crippen LogP contribution in [0.15, 0.2) is 48.7 Å². The first-order valence-electron chi connectivity index (χ1n) is 8.91. The Morgan fingerprint density at radius 3 is 2.56 bits per heavy atom. The highest BCUT2D eigenvalue weighted by Crippen LogP contribution is 2.24. The second kappa shape index (κ2) is 9.14. The highest BCUT2D eigenvalue weighted by Gasteiger charge is 2.30. The number of amides is 1. The van der Waals surface area contributed by atoms with Gasteiger partial charge in [-0.3, -0.25) is 9.59 Å². The molecule has 1 unspecified atom stereocenters. The maximum absolute atomic E-state index is 12.3. The van der Waals surface area contributed by atoms with Gasteiger partial charge in [-0.2, -0.15) is 0 Å². The number of carboxylic acids is 1. The summed E-state index contributed by atoms with van der Waals surface area (Å²) in [5, 5.41) is 12.2. The summed E-state index contributed by atoms with van der Waals surface area (Å²) >= 11 is 0. The minimum absolute atomic E-state index is 0.0105. The van der Waals surface area contributed by atoms with Gasteiger partial charge in [-0.05, 0) is 37.0 Å². The van der Waals surface area contributed by atoms with Crippen molar-refractivity contribution in [2.45, 2.75) is 12.8 Å². The normalized spacial score (nSPS) is 15.7. The van der Waals surface area contributed by atoms with Crippen molar-refractivity contribution >= 4 is 11.9 Å². The Labute approximate surface area is 157 Å². The zero-order valence-corrected chi connectivity index (χ0v) is 14.8. The molecule has 1 aliphatic rings. The lowest BCUT2D eigenvalue weighted by Gasteiger charge is -2.27. The molecule has 0 radical (unpaired) electrons. The number of nitrogens with one attached hydrogen (secondary N) is 1. The molecule has 1 aromatic carbocycles. The van der Waals surface area contributed by atoms with E-state index in [1.54, 1.807) is 12.1 Å². The summed E-state index contributed by atoms with van der Waals surface area (Å²) < 4.78 is 10.9. The lowest BCUT2D eigenvalue weighted by Crippen LogP contribution is -2.39. The van der Waals surface area contributed by atoms with Crippen LogP contribution in [-0.4, -0.2) is 41.7 Å². The smallest absolute Gasteiger partial charge is 0.308 e. The highest BCUT2D eigenvalue weighted by atomic mass is 16.5. The number of ether oxygens (including phenoxy) is 2. The third kappa shape index (κ3) is 5.27. The molecule has 1 amide bonds. The van der Waals surface area contributed by atoms with Crippen LogP contribution in [0.4, 0.5) is 0 Å². The molecule has 0 bridgehead atoms. The van der Waals surface area contributed by atoms with Crippen molar-refractivity contribution in [1.82, 2.24) is 10.3 Å². The Bertz CT molecular complexity index is 758. The Morgan fingerprint density at radius 2 is 1.93 bits per heavy atom. The molecule has 1 saturated heterocycles. The van der Waals surface area contributed by atoms with E-state index in [0.29, 0.717) is 43.2 Å². The Balaban J connectivity index is 1.56. The van der Waals surface area contributed by atoms with Crippen molar-refractivity contribution < 1.29 is 24.2 Å². The van der Waals surface area contributed by atoms with Crippen LogP contribution >= 0.6 is 0 Å². The summed E-state index contributed by atoms with van der Waals surface area (Å²) in [6.07, 6.45) is 2.80. The van der Waals surface area contributed by atoms with Crippen molar-refractivity contribution in [3.63, 3.8) is 0 Å². The van der Waals surface area contributed by atoms with E-state index in [9.17, 15) is 14.7 Å². The molecule has 142 valence electrons. The maximum atomic E-state index is 12.3. The van der Waals surface area contributed by atoms with E-state index in [1.807, 2.05) is 30.3 Å². The molecule has 2 N–H and O–H groups in total. The molecule has 1 atom stereocenters.